The highest BCUT2D eigenvalue weighted by Crippen LogP contribution is 2.36. The Kier molecular flexibility index (Phi) is 6.20. The number of para-hydroxylation sites is 1. The summed E-state index contributed by atoms with van der Waals surface area (Å²) in [6, 6.07) is 22.6. The highest BCUT2D eigenvalue weighted by molar-refractivity contribution is 8.18. The van der Waals surface area contributed by atoms with Crippen molar-refractivity contribution in [1.29, 1.82) is 0 Å². The number of likely N-dealkylation sites (N-methyl/N-ethyl adjacent to an activating group) is 1. The summed E-state index contributed by atoms with van der Waals surface area (Å²) in [5.41, 5.74) is 6.03. The number of aryl methyl sites for hydroxylation is 1. The van der Waals surface area contributed by atoms with Gasteiger partial charge in [-0.05, 0) is 55.4 Å². The number of amidine groups is 1. The number of nitro groups is 1. The predicted molar refractivity (Wildman–Crippen MR) is 145 cm³/mol. The summed E-state index contributed by atoms with van der Waals surface area (Å²) >= 11 is 1.37. The molecule has 1 aromatic heterocycles. The number of benzene rings is 3. The maximum Gasteiger partial charge on any atom is 0.269 e. The van der Waals surface area contributed by atoms with E-state index >= 15 is 0 Å². The summed E-state index contributed by atoms with van der Waals surface area (Å²) < 4.78 is 2.18. The number of amides is 1. The molecule has 5 rings (SSSR count). The van der Waals surface area contributed by atoms with Gasteiger partial charge in [-0.3, -0.25) is 19.8 Å². The fraction of sp³-hybridized carbons (Fsp3) is 0.143. The van der Waals surface area contributed by atoms with Crippen molar-refractivity contribution < 1.29 is 9.72 Å². The molecule has 0 unspecified atom stereocenters. The van der Waals surface area contributed by atoms with Crippen molar-refractivity contribution in [3.63, 3.8) is 0 Å². The quantitative estimate of drug-likeness (QED) is 0.181. The molecule has 8 heteroatoms. The van der Waals surface area contributed by atoms with Crippen LogP contribution in [0.5, 0.6) is 0 Å². The fourth-order valence-electron chi connectivity index (χ4n) is 4.26. The lowest BCUT2D eigenvalue weighted by Crippen LogP contribution is -2.23. The highest BCUT2D eigenvalue weighted by atomic mass is 32.2. The minimum atomic E-state index is -0.395. The van der Waals surface area contributed by atoms with E-state index in [9.17, 15) is 14.9 Å². The zero-order valence-electron chi connectivity index (χ0n) is 20.1. The molecule has 180 valence electrons. The Hall–Kier alpha value is -4.17. The molecule has 0 bridgehead atoms. The maximum absolute atomic E-state index is 13.1. The molecule has 0 spiro atoms. The van der Waals surface area contributed by atoms with E-state index in [1.807, 2.05) is 56.3 Å². The molecule has 7 nitrogen and oxygen atoms in total. The van der Waals surface area contributed by atoms with E-state index in [1.165, 1.54) is 23.9 Å². The summed E-state index contributed by atoms with van der Waals surface area (Å²) in [5.74, 6) is -0.0857. The van der Waals surface area contributed by atoms with Gasteiger partial charge in [-0.1, -0.05) is 48.0 Å². The third-order valence-electron chi connectivity index (χ3n) is 6.31. The summed E-state index contributed by atoms with van der Waals surface area (Å²) in [6.07, 6.45) is 1.95. The van der Waals surface area contributed by atoms with Crippen molar-refractivity contribution in [2.75, 3.05) is 7.05 Å². The van der Waals surface area contributed by atoms with Gasteiger partial charge < -0.3 is 4.57 Å². The zero-order chi connectivity index (χ0) is 25.4. The number of thioether (sulfide) groups is 1. The Bertz CT molecular complexity index is 1550. The van der Waals surface area contributed by atoms with Gasteiger partial charge in [0, 0.05) is 47.9 Å². The second-order valence-electron chi connectivity index (χ2n) is 8.73. The molecular formula is C28H24N4O3S. The van der Waals surface area contributed by atoms with Crippen LogP contribution in [0.25, 0.3) is 17.0 Å². The standard InChI is InChI=1S/C28H24N4O3S/c1-18-8-12-21(13-9-18)29-28-30(3)27(33)26(36-28)16-24-19(2)31(25-7-5-4-6-23(24)25)17-20-10-14-22(15-11-20)32(34)35/h4-16H,17H2,1-3H3/b26-16+,29-28?. The van der Waals surface area contributed by atoms with Gasteiger partial charge in [-0.2, -0.15) is 0 Å². The fourth-order valence-corrected chi connectivity index (χ4v) is 5.23. The molecule has 0 saturated carbocycles. The molecule has 0 N–H and O–H groups in total. The lowest BCUT2D eigenvalue weighted by atomic mass is 10.1. The number of non-ortho nitro benzene ring substituents is 1. The number of aromatic nitrogens is 1. The van der Waals surface area contributed by atoms with Crippen molar-refractivity contribution in [3.8, 4) is 0 Å². The molecule has 1 amide bonds. The molecule has 1 aliphatic rings. The Morgan fingerprint density at radius 3 is 2.39 bits per heavy atom. The van der Waals surface area contributed by atoms with Crippen molar-refractivity contribution in [1.82, 2.24) is 9.47 Å². The third kappa shape index (κ3) is 4.43. The molecule has 1 aliphatic heterocycles. The van der Waals surface area contributed by atoms with Crippen molar-refractivity contribution >= 4 is 51.2 Å². The summed E-state index contributed by atoms with van der Waals surface area (Å²) in [6.45, 7) is 4.62. The number of carbonyl (C=O) groups excluding carboxylic acids is 1. The number of hydrogen-bond donors (Lipinski definition) is 0. The molecule has 0 aliphatic carbocycles. The minimum absolute atomic E-state index is 0.0715. The summed E-state index contributed by atoms with van der Waals surface area (Å²) in [5, 5.41) is 12.7. The van der Waals surface area contributed by atoms with E-state index in [1.54, 1.807) is 24.1 Å². The van der Waals surface area contributed by atoms with Crippen LogP contribution in [-0.2, 0) is 11.3 Å². The number of carbonyl (C=O) groups is 1. The second-order valence-corrected chi connectivity index (χ2v) is 9.74. The monoisotopic (exact) mass is 496 g/mol. The number of aliphatic imine (C=N–C) groups is 1. The molecule has 2 heterocycles. The summed E-state index contributed by atoms with van der Waals surface area (Å²) in [4.78, 5) is 30.6. The van der Waals surface area contributed by atoms with Crippen LogP contribution in [0.3, 0.4) is 0 Å². The maximum atomic E-state index is 13.1. The number of nitrogens with zero attached hydrogens (tertiary/aromatic N) is 4. The first-order valence-corrected chi connectivity index (χ1v) is 12.3. The van der Waals surface area contributed by atoms with Crippen LogP contribution in [0.1, 0.15) is 22.4 Å². The molecule has 1 saturated heterocycles. The van der Waals surface area contributed by atoms with Crippen molar-refractivity contribution in [3.05, 3.63) is 110 Å². The number of nitro benzene ring substituents is 1. The smallest absolute Gasteiger partial charge is 0.269 e. The second kappa shape index (κ2) is 9.47. The zero-order valence-corrected chi connectivity index (χ0v) is 21.0. The van der Waals surface area contributed by atoms with Gasteiger partial charge in [0.05, 0.1) is 15.5 Å². The summed E-state index contributed by atoms with van der Waals surface area (Å²) in [7, 11) is 1.74. The van der Waals surface area contributed by atoms with Gasteiger partial charge >= 0.3 is 0 Å². The van der Waals surface area contributed by atoms with Gasteiger partial charge in [0.15, 0.2) is 5.17 Å². The molecule has 36 heavy (non-hydrogen) atoms. The van der Waals surface area contributed by atoms with E-state index in [0.717, 1.165) is 39.0 Å². The van der Waals surface area contributed by atoms with Gasteiger partial charge in [-0.25, -0.2) is 4.99 Å². The molecule has 4 aromatic rings. The van der Waals surface area contributed by atoms with Crippen molar-refractivity contribution in [2.45, 2.75) is 20.4 Å². The van der Waals surface area contributed by atoms with Crippen LogP contribution in [0.15, 0.2) is 82.7 Å². The Labute approximate surface area is 212 Å². The van der Waals surface area contributed by atoms with Crippen LogP contribution in [0.4, 0.5) is 11.4 Å². The predicted octanol–water partition coefficient (Wildman–Crippen LogP) is 6.45. The van der Waals surface area contributed by atoms with E-state index in [0.29, 0.717) is 16.6 Å². The minimum Gasteiger partial charge on any atom is -0.340 e. The lowest BCUT2D eigenvalue weighted by Gasteiger charge is -2.09. The SMILES string of the molecule is Cc1ccc(N=C2S/C(=C/c3c(C)n(Cc4ccc([N+](=O)[O-])cc4)c4ccccc34)C(=O)N2C)cc1. The van der Waals surface area contributed by atoms with Crippen LogP contribution < -0.4 is 0 Å². The number of fused-ring (bicyclic) bond motifs is 1. The van der Waals surface area contributed by atoms with Gasteiger partial charge in [0.25, 0.3) is 11.6 Å². The Morgan fingerprint density at radius 1 is 1.00 bits per heavy atom. The Morgan fingerprint density at radius 2 is 1.69 bits per heavy atom. The van der Waals surface area contributed by atoms with E-state index in [4.69, 9.17) is 0 Å². The average Bonchev–Trinajstić information content (AvgIpc) is 3.29. The first kappa shape index (κ1) is 23.6. The third-order valence-corrected chi connectivity index (χ3v) is 7.37. The number of hydrogen-bond acceptors (Lipinski definition) is 5. The topological polar surface area (TPSA) is 80.7 Å². The first-order chi connectivity index (χ1) is 17.3. The Balaban J connectivity index is 1.51. The molecular weight excluding hydrogens is 472 g/mol. The molecule has 3 aromatic carbocycles. The number of rotatable bonds is 5. The lowest BCUT2D eigenvalue weighted by molar-refractivity contribution is -0.384. The van der Waals surface area contributed by atoms with Crippen LogP contribution in [0, 0.1) is 24.0 Å². The van der Waals surface area contributed by atoms with Crippen LogP contribution in [0.2, 0.25) is 0 Å². The normalized spacial score (nSPS) is 16.0. The van der Waals surface area contributed by atoms with Crippen molar-refractivity contribution in [2.24, 2.45) is 4.99 Å². The molecule has 0 radical (unpaired) electrons. The molecule has 0 atom stereocenters. The van der Waals surface area contributed by atoms with E-state index in [-0.39, 0.29) is 11.6 Å². The van der Waals surface area contributed by atoms with E-state index in [2.05, 4.69) is 21.7 Å². The van der Waals surface area contributed by atoms with Crippen LogP contribution in [-0.4, -0.2) is 32.5 Å². The highest BCUT2D eigenvalue weighted by Gasteiger charge is 2.31. The first-order valence-electron chi connectivity index (χ1n) is 11.5. The molecule has 1 fully saturated rings. The van der Waals surface area contributed by atoms with Gasteiger partial charge in [0.1, 0.15) is 0 Å². The largest absolute Gasteiger partial charge is 0.340 e. The van der Waals surface area contributed by atoms with Gasteiger partial charge in [0.2, 0.25) is 0 Å². The average molecular weight is 497 g/mol. The van der Waals surface area contributed by atoms with E-state index < -0.39 is 4.92 Å². The van der Waals surface area contributed by atoms with Gasteiger partial charge in [-0.15, -0.1) is 0 Å². The van der Waals surface area contributed by atoms with Crippen LogP contribution >= 0.6 is 11.8 Å².